The van der Waals surface area contributed by atoms with E-state index in [0.717, 1.165) is 11.1 Å². The predicted molar refractivity (Wildman–Crippen MR) is 77.5 cm³/mol. The number of benzene rings is 1. The molecular weight excluding hydrogens is 252 g/mol. The van der Waals surface area contributed by atoms with E-state index in [0.29, 0.717) is 5.65 Å². The molecule has 3 rings (SSSR count). The van der Waals surface area contributed by atoms with Gasteiger partial charge in [0.25, 0.3) is 0 Å². The van der Waals surface area contributed by atoms with Crippen LogP contribution >= 0.6 is 0 Å². The first kappa shape index (κ1) is 12.2. The minimum atomic E-state index is -1.02. The molecular formula is C16H12N2O2. The summed E-state index contributed by atoms with van der Waals surface area (Å²) >= 11 is 0. The quantitative estimate of drug-likeness (QED) is 0.790. The number of pyridine rings is 1. The standard InChI is InChI=1S/C16H12N2O2/c19-16(20)14-11-18-9-8-13(10-15(18)17-14)7-6-12-4-2-1-3-5-12/h1-11H,(H,19,20)/b7-6+. The van der Waals surface area contributed by atoms with Crippen LogP contribution < -0.4 is 0 Å². The van der Waals surface area contributed by atoms with Crippen molar-refractivity contribution in [2.75, 3.05) is 0 Å². The molecule has 2 aromatic heterocycles. The highest BCUT2D eigenvalue weighted by molar-refractivity contribution is 5.86. The second-order valence-corrected chi connectivity index (χ2v) is 4.40. The number of carboxylic acid groups (broad SMARTS) is 1. The van der Waals surface area contributed by atoms with Crippen LogP contribution in [0.3, 0.4) is 0 Å². The van der Waals surface area contributed by atoms with Crippen molar-refractivity contribution < 1.29 is 9.90 Å². The molecule has 0 unspecified atom stereocenters. The minimum absolute atomic E-state index is 0.0502. The molecule has 0 aliphatic rings. The Kier molecular flexibility index (Phi) is 3.05. The molecule has 0 saturated carbocycles. The van der Waals surface area contributed by atoms with Crippen LogP contribution in [-0.4, -0.2) is 20.5 Å². The van der Waals surface area contributed by atoms with Gasteiger partial charge >= 0.3 is 5.97 Å². The average molecular weight is 264 g/mol. The Hall–Kier alpha value is -2.88. The van der Waals surface area contributed by atoms with Crippen LogP contribution in [0.1, 0.15) is 21.6 Å². The van der Waals surface area contributed by atoms with Gasteiger partial charge in [-0.05, 0) is 23.3 Å². The monoisotopic (exact) mass is 264 g/mol. The van der Waals surface area contributed by atoms with Gasteiger partial charge in [-0.25, -0.2) is 9.78 Å². The third kappa shape index (κ3) is 2.44. The molecule has 0 spiro atoms. The molecule has 0 aliphatic carbocycles. The molecule has 0 atom stereocenters. The van der Waals surface area contributed by atoms with E-state index in [9.17, 15) is 4.79 Å². The van der Waals surface area contributed by atoms with E-state index in [1.807, 2.05) is 54.6 Å². The van der Waals surface area contributed by atoms with Crippen LogP contribution in [0.5, 0.6) is 0 Å². The molecule has 0 bridgehead atoms. The normalized spacial score (nSPS) is 11.2. The number of carboxylic acids is 1. The van der Waals surface area contributed by atoms with Crippen LogP contribution in [-0.2, 0) is 0 Å². The molecule has 3 aromatic rings. The largest absolute Gasteiger partial charge is 0.476 e. The number of nitrogens with zero attached hydrogens (tertiary/aromatic N) is 2. The van der Waals surface area contributed by atoms with Gasteiger partial charge in [-0.1, -0.05) is 42.5 Å². The highest BCUT2D eigenvalue weighted by Gasteiger charge is 2.07. The van der Waals surface area contributed by atoms with Crippen molar-refractivity contribution in [2.45, 2.75) is 0 Å². The fraction of sp³-hybridized carbons (Fsp3) is 0. The van der Waals surface area contributed by atoms with Crippen LogP contribution in [0, 0.1) is 0 Å². The molecule has 1 N–H and O–H groups in total. The second-order valence-electron chi connectivity index (χ2n) is 4.40. The van der Waals surface area contributed by atoms with Gasteiger partial charge in [0, 0.05) is 12.4 Å². The maximum atomic E-state index is 10.9. The summed E-state index contributed by atoms with van der Waals surface area (Å²) in [6, 6.07) is 13.8. The maximum Gasteiger partial charge on any atom is 0.356 e. The molecule has 0 radical (unpaired) electrons. The molecule has 0 fully saturated rings. The van der Waals surface area contributed by atoms with E-state index < -0.39 is 5.97 Å². The van der Waals surface area contributed by atoms with Crippen molar-refractivity contribution in [3.8, 4) is 0 Å². The van der Waals surface area contributed by atoms with Crippen LogP contribution in [0.15, 0.2) is 54.9 Å². The van der Waals surface area contributed by atoms with Crippen molar-refractivity contribution >= 4 is 23.8 Å². The molecule has 1 aromatic carbocycles. The number of aromatic nitrogens is 2. The summed E-state index contributed by atoms with van der Waals surface area (Å²) in [6.07, 6.45) is 7.29. The first-order valence-corrected chi connectivity index (χ1v) is 6.17. The Morgan fingerprint density at radius 3 is 2.60 bits per heavy atom. The Balaban J connectivity index is 1.93. The predicted octanol–water partition coefficient (Wildman–Crippen LogP) is 3.20. The Labute approximate surface area is 115 Å². The summed E-state index contributed by atoms with van der Waals surface area (Å²) < 4.78 is 1.70. The van der Waals surface area contributed by atoms with Gasteiger partial charge in [-0.2, -0.15) is 0 Å². The Morgan fingerprint density at radius 1 is 1.10 bits per heavy atom. The van der Waals surface area contributed by atoms with Crippen LogP contribution in [0.4, 0.5) is 0 Å². The highest BCUT2D eigenvalue weighted by atomic mass is 16.4. The zero-order valence-electron chi connectivity index (χ0n) is 10.6. The lowest BCUT2D eigenvalue weighted by Gasteiger charge is -1.96. The van der Waals surface area contributed by atoms with Crippen LogP contribution in [0.25, 0.3) is 17.8 Å². The minimum Gasteiger partial charge on any atom is -0.476 e. The number of fused-ring (bicyclic) bond motifs is 1. The molecule has 4 heteroatoms. The molecule has 4 nitrogen and oxygen atoms in total. The smallest absolute Gasteiger partial charge is 0.356 e. The fourth-order valence-electron chi connectivity index (χ4n) is 1.96. The number of imidazole rings is 1. The average Bonchev–Trinajstić information content (AvgIpc) is 2.89. The third-order valence-corrected chi connectivity index (χ3v) is 2.97. The SMILES string of the molecule is O=C(O)c1cn2ccc(/C=C/c3ccccc3)cc2n1. The van der Waals surface area contributed by atoms with E-state index in [1.165, 1.54) is 6.20 Å². The molecule has 0 aliphatic heterocycles. The molecule has 20 heavy (non-hydrogen) atoms. The van der Waals surface area contributed by atoms with Crippen molar-refractivity contribution in [3.63, 3.8) is 0 Å². The van der Waals surface area contributed by atoms with Crippen molar-refractivity contribution in [3.05, 3.63) is 71.7 Å². The van der Waals surface area contributed by atoms with Gasteiger partial charge in [0.05, 0.1) is 0 Å². The van der Waals surface area contributed by atoms with Crippen molar-refractivity contribution in [1.82, 2.24) is 9.38 Å². The number of hydrogen-bond donors (Lipinski definition) is 1. The molecule has 0 saturated heterocycles. The van der Waals surface area contributed by atoms with Gasteiger partial charge in [0.1, 0.15) is 5.65 Å². The Bertz CT molecular complexity index is 789. The third-order valence-electron chi connectivity index (χ3n) is 2.97. The molecule has 98 valence electrons. The summed E-state index contributed by atoms with van der Waals surface area (Å²) in [4.78, 5) is 14.9. The van der Waals surface area contributed by atoms with E-state index >= 15 is 0 Å². The number of hydrogen-bond acceptors (Lipinski definition) is 2. The summed E-state index contributed by atoms with van der Waals surface area (Å²) in [6.45, 7) is 0. The Morgan fingerprint density at radius 2 is 1.85 bits per heavy atom. The summed E-state index contributed by atoms with van der Waals surface area (Å²) in [5.41, 5.74) is 2.76. The zero-order valence-corrected chi connectivity index (χ0v) is 10.6. The van der Waals surface area contributed by atoms with E-state index in [4.69, 9.17) is 5.11 Å². The van der Waals surface area contributed by atoms with Gasteiger partial charge in [-0.15, -0.1) is 0 Å². The summed E-state index contributed by atoms with van der Waals surface area (Å²) in [5, 5.41) is 8.92. The first-order valence-electron chi connectivity index (χ1n) is 6.17. The summed E-state index contributed by atoms with van der Waals surface area (Å²) in [5.74, 6) is -1.02. The van der Waals surface area contributed by atoms with E-state index in [2.05, 4.69) is 4.98 Å². The van der Waals surface area contributed by atoms with Gasteiger partial charge in [0.15, 0.2) is 5.69 Å². The number of carbonyl (C=O) groups is 1. The fourth-order valence-corrected chi connectivity index (χ4v) is 1.96. The second kappa shape index (κ2) is 5.01. The highest BCUT2D eigenvalue weighted by Crippen LogP contribution is 2.12. The van der Waals surface area contributed by atoms with Crippen LogP contribution in [0.2, 0.25) is 0 Å². The van der Waals surface area contributed by atoms with E-state index in [1.54, 1.807) is 10.6 Å². The number of rotatable bonds is 3. The van der Waals surface area contributed by atoms with Gasteiger partial charge < -0.3 is 9.51 Å². The summed E-state index contributed by atoms with van der Waals surface area (Å²) in [7, 11) is 0. The lowest BCUT2D eigenvalue weighted by Crippen LogP contribution is -1.94. The lowest BCUT2D eigenvalue weighted by molar-refractivity contribution is 0.0691. The maximum absolute atomic E-state index is 10.9. The van der Waals surface area contributed by atoms with Gasteiger partial charge in [-0.3, -0.25) is 0 Å². The number of aromatic carboxylic acids is 1. The zero-order chi connectivity index (χ0) is 13.9. The van der Waals surface area contributed by atoms with Crippen molar-refractivity contribution in [1.29, 1.82) is 0 Å². The molecule has 2 heterocycles. The lowest BCUT2D eigenvalue weighted by atomic mass is 10.1. The first-order chi connectivity index (χ1) is 9.72. The molecule has 0 amide bonds. The van der Waals surface area contributed by atoms with Crippen molar-refractivity contribution in [2.24, 2.45) is 0 Å². The van der Waals surface area contributed by atoms with E-state index in [-0.39, 0.29) is 5.69 Å². The van der Waals surface area contributed by atoms with Gasteiger partial charge in [0.2, 0.25) is 0 Å². The topological polar surface area (TPSA) is 54.6 Å².